The van der Waals surface area contributed by atoms with Crippen molar-refractivity contribution < 1.29 is 0 Å². The number of hydrogen-bond acceptors (Lipinski definition) is 3. The Balaban J connectivity index is 2.32. The minimum atomic E-state index is 0.716. The maximum Gasteiger partial charge on any atom is 0.166 e. The van der Waals surface area contributed by atoms with E-state index >= 15 is 0 Å². The van der Waals surface area contributed by atoms with Crippen LogP contribution in [0.3, 0.4) is 0 Å². The predicted octanol–water partition coefficient (Wildman–Crippen LogP) is 5.15. The average Bonchev–Trinajstić information content (AvgIpc) is 3.32. The molecular formula is C29H29N5. The molecule has 0 aliphatic heterocycles. The summed E-state index contributed by atoms with van der Waals surface area (Å²) in [5, 5.41) is 1.99. The zero-order valence-corrected chi connectivity index (χ0v) is 19.9. The average molecular weight is 448 g/mol. The molecular weight excluding hydrogens is 418 g/mol. The lowest BCUT2D eigenvalue weighted by molar-refractivity contribution is 1.04. The van der Waals surface area contributed by atoms with Gasteiger partial charge in [-0.2, -0.15) is 0 Å². The van der Waals surface area contributed by atoms with Crippen molar-refractivity contribution in [3.05, 3.63) is 95.8 Å². The molecule has 5 heteroatoms. The quantitative estimate of drug-likeness (QED) is 0.416. The summed E-state index contributed by atoms with van der Waals surface area (Å²) in [6.45, 7) is 14.0. The number of nitrogens with two attached hydrogens (primary N) is 1. The summed E-state index contributed by atoms with van der Waals surface area (Å²) < 4.78 is 4.16. The molecule has 0 bridgehead atoms. The molecule has 170 valence electrons. The molecule has 4 rings (SSSR count). The molecule has 34 heavy (non-hydrogen) atoms. The van der Waals surface area contributed by atoms with Crippen LogP contribution in [-0.4, -0.2) is 19.1 Å². The van der Waals surface area contributed by atoms with Gasteiger partial charge in [0.25, 0.3) is 0 Å². The molecule has 0 fully saturated rings. The zero-order chi connectivity index (χ0) is 24.2. The van der Waals surface area contributed by atoms with Crippen molar-refractivity contribution in [2.75, 3.05) is 0 Å². The van der Waals surface area contributed by atoms with E-state index < -0.39 is 0 Å². The van der Waals surface area contributed by atoms with Gasteiger partial charge in [0, 0.05) is 22.7 Å². The van der Waals surface area contributed by atoms with Crippen LogP contribution in [0.2, 0.25) is 0 Å². The fourth-order valence-electron chi connectivity index (χ4n) is 4.36. The highest BCUT2D eigenvalue weighted by Crippen LogP contribution is 2.30. The Morgan fingerprint density at radius 3 is 2.32 bits per heavy atom. The summed E-state index contributed by atoms with van der Waals surface area (Å²) in [6, 6.07) is 10.2. The molecule has 0 aliphatic carbocycles. The van der Waals surface area contributed by atoms with Crippen molar-refractivity contribution >= 4 is 52.3 Å². The van der Waals surface area contributed by atoms with Crippen LogP contribution in [0.25, 0.3) is 58.0 Å². The third kappa shape index (κ3) is 3.52. The molecule has 3 heterocycles. The maximum atomic E-state index is 6.06. The van der Waals surface area contributed by atoms with Gasteiger partial charge in [0.2, 0.25) is 0 Å². The summed E-state index contributed by atoms with van der Waals surface area (Å²) in [5.74, 6) is 0. The highest BCUT2D eigenvalue weighted by atomic mass is 15.1. The Bertz CT molecular complexity index is 1610. The molecule has 0 unspecified atom stereocenters. The van der Waals surface area contributed by atoms with Gasteiger partial charge in [-0.05, 0) is 51.1 Å². The van der Waals surface area contributed by atoms with E-state index in [-0.39, 0.29) is 0 Å². The predicted molar refractivity (Wildman–Crippen MR) is 146 cm³/mol. The fraction of sp³-hybridized carbons (Fsp3) is 0.103. The van der Waals surface area contributed by atoms with Gasteiger partial charge in [-0.1, -0.05) is 61.7 Å². The van der Waals surface area contributed by atoms with E-state index in [0.717, 1.165) is 49.9 Å². The number of para-hydroxylation sites is 1. The normalized spacial score (nSPS) is 13.8. The topological polar surface area (TPSA) is 61.7 Å². The molecule has 0 spiro atoms. The van der Waals surface area contributed by atoms with E-state index in [4.69, 9.17) is 15.7 Å². The van der Waals surface area contributed by atoms with Gasteiger partial charge in [-0.15, -0.1) is 0 Å². The first-order chi connectivity index (χ1) is 16.6. The van der Waals surface area contributed by atoms with Gasteiger partial charge in [0.05, 0.1) is 16.7 Å². The lowest BCUT2D eigenvalue weighted by atomic mass is 10.2. The second kappa shape index (κ2) is 9.63. The van der Waals surface area contributed by atoms with Crippen molar-refractivity contribution in [3.8, 4) is 5.69 Å². The second-order valence-corrected chi connectivity index (χ2v) is 7.66. The van der Waals surface area contributed by atoms with Crippen LogP contribution in [0.5, 0.6) is 0 Å². The van der Waals surface area contributed by atoms with E-state index in [1.165, 1.54) is 0 Å². The Labute approximate surface area is 199 Å². The third-order valence-corrected chi connectivity index (χ3v) is 5.70. The van der Waals surface area contributed by atoms with Crippen LogP contribution in [0.4, 0.5) is 0 Å². The van der Waals surface area contributed by atoms with Crippen LogP contribution in [0.1, 0.15) is 32.0 Å². The van der Waals surface area contributed by atoms with E-state index in [0.29, 0.717) is 5.65 Å². The first-order valence-electron chi connectivity index (χ1n) is 11.3. The van der Waals surface area contributed by atoms with E-state index in [1.807, 2.05) is 80.0 Å². The molecule has 4 aromatic rings. The molecule has 1 aromatic carbocycles. The molecule has 5 nitrogen and oxygen atoms in total. The summed E-state index contributed by atoms with van der Waals surface area (Å²) in [5.41, 5.74) is 12.8. The molecule has 0 aliphatic rings. The minimum Gasteiger partial charge on any atom is -0.403 e. The SMILES string of the molecule is C=C/C=c1\c(=C/C)c2nc3c(C=C)c(/C=C\C)n(C(/C=C\C)=C/N)c3nc2n1-c1ccccc1. The molecule has 3 aromatic heterocycles. The third-order valence-electron chi connectivity index (χ3n) is 5.70. The van der Waals surface area contributed by atoms with Gasteiger partial charge in [0.1, 0.15) is 11.0 Å². The number of benzene rings is 1. The second-order valence-electron chi connectivity index (χ2n) is 7.66. The van der Waals surface area contributed by atoms with E-state index in [1.54, 1.807) is 12.3 Å². The van der Waals surface area contributed by atoms with Gasteiger partial charge < -0.3 is 5.73 Å². The maximum absolute atomic E-state index is 6.06. The Morgan fingerprint density at radius 1 is 0.971 bits per heavy atom. The minimum absolute atomic E-state index is 0.716. The number of allylic oxidation sites excluding steroid dienone is 5. The van der Waals surface area contributed by atoms with Crippen molar-refractivity contribution in [2.45, 2.75) is 20.8 Å². The summed E-state index contributed by atoms with van der Waals surface area (Å²) in [7, 11) is 0. The smallest absolute Gasteiger partial charge is 0.166 e. The number of fused-ring (bicyclic) bond motifs is 2. The monoisotopic (exact) mass is 447 g/mol. The highest BCUT2D eigenvalue weighted by molar-refractivity contribution is 5.96. The van der Waals surface area contributed by atoms with Crippen LogP contribution >= 0.6 is 0 Å². The molecule has 0 saturated heterocycles. The van der Waals surface area contributed by atoms with Gasteiger partial charge in [-0.3, -0.25) is 9.13 Å². The van der Waals surface area contributed by atoms with Gasteiger partial charge in [0.15, 0.2) is 11.3 Å². The van der Waals surface area contributed by atoms with Gasteiger partial charge in [-0.25, -0.2) is 9.97 Å². The number of nitrogens with zero attached hydrogens (tertiary/aromatic N) is 4. The highest BCUT2D eigenvalue weighted by Gasteiger charge is 2.21. The number of aromatic nitrogens is 4. The molecule has 0 atom stereocenters. The van der Waals surface area contributed by atoms with Gasteiger partial charge >= 0.3 is 0 Å². The summed E-state index contributed by atoms with van der Waals surface area (Å²) >= 11 is 0. The Kier molecular flexibility index (Phi) is 6.46. The van der Waals surface area contributed by atoms with E-state index in [9.17, 15) is 0 Å². The number of hydrogen-bond donors (Lipinski definition) is 1. The summed E-state index contributed by atoms with van der Waals surface area (Å²) in [6.07, 6.45) is 17.2. The van der Waals surface area contributed by atoms with Crippen LogP contribution in [0, 0.1) is 0 Å². The largest absolute Gasteiger partial charge is 0.403 e. The van der Waals surface area contributed by atoms with Crippen LogP contribution < -0.4 is 16.3 Å². The van der Waals surface area contributed by atoms with Crippen LogP contribution in [0.15, 0.2) is 74.0 Å². The Morgan fingerprint density at radius 2 is 1.74 bits per heavy atom. The zero-order valence-electron chi connectivity index (χ0n) is 19.9. The molecule has 0 amide bonds. The van der Waals surface area contributed by atoms with Crippen molar-refractivity contribution in [2.24, 2.45) is 5.73 Å². The molecule has 0 radical (unpaired) electrons. The Hall–Kier alpha value is -4.38. The lowest BCUT2D eigenvalue weighted by Crippen LogP contribution is -2.28. The van der Waals surface area contributed by atoms with Crippen molar-refractivity contribution in [3.63, 3.8) is 0 Å². The standard InChI is InChI=1S/C29H29N5/c1-6-14-21(19-30)34-25(16-8-3)23(10-5)27-29(34)32-28-26(31-27)22(9-4)24(15-7-2)33(28)20-17-12-11-13-18-20/h6-19H,2,5,30H2,1,3-4H3/b14-6-,16-8-,21-19+,22-9+,24-15+. The molecule has 0 saturated carbocycles. The van der Waals surface area contributed by atoms with E-state index in [2.05, 4.69) is 35.9 Å². The van der Waals surface area contributed by atoms with Crippen LogP contribution in [-0.2, 0) is 0 Å². The first-order valence-corrected chi connectivity index (χ1v) is 11.3. The number of rotatable bonds is 6. The van der Waals surface area contributed by atoms with Crippen molar-refractivity contribution in [1.82, 2.24) is 19.1 Å². The van der Waals surface area contributed by atoms with Crippen molar-refractivity contribution in [1.29, 1.82) is 0 Å². The fourth-order valence-corrected chi connectivity index (χ4v) is 4.36. The molecule has 2 N–H and O–H groups in total. The summed E-state index contributed by atoms with van der Waals surface area (Å²) in [4.78, 5) is 10.4. The lowest BCUT2D eigenvalue weighted by Gasteiger charge is -2.10. The first kappa shape index (κ1) is 22.8.